The second-order valence-electron chi connectivity index (χ2n) is 5.61. The van der Waals surface area contributed by atoms with Crippen LogP contribution in [0.3, 0.4) is 0 Å². The molecule has 1 atom stereocenters. The number of rotatable bonds is 3. The molecule has 17 heavy (non-hydrogen) atoms. The summed E-state index contributed by atoms with van der Waals surface area (Å²) >= 11 is 0. The Bertz CT molecular complexity index is 302. The van der Waals surface area contributed by atoms with E-state index in [2.05, 4.69) is 5.32 Å². The van der Waals surface area contributed by atoms with E-state index in [1.54, 1.807) is 0 Å². The summed E-state index contributed by atoms with van der Waals surface area (Å²) in [6, 6.07) is 0. The molecule has 0 saturated heterocycles. The van der Waals surface area contributed by atoms with Crippen LogP contribution in [0.25, 0.3) is 0 Å². The smallest absolute Gasteiger partial charge is 0.368 e. The molecule has 1 aliphatic rings. The number of hydrogen-bond acceptors (Lipinski definition) is 2. The van der Waals surface area contributed by atoms with Crippen molar-refractivity contribution in [3.63, 3.8) is 0 Å². The summed E-state index contributed by atoms with van der Waals surface area (Å²) in [6.45, 7) is 2.71. The van der Waals surface area contributed by atoms with Gasteiger partial charge in [-0.1, -0.05) is 20.3 Å². The second kappa shape index (κ2) is 4.48. The lowest BCUT2D eigenvalue weighted by molar-refractivity contribution is -0.139. The standard InChI is InChI=1S/C11H19F3N2O/c1-9(2)4-3-5-10(6-9,8(15)17)16-7-11(12,13)14/h16H,3-7H2,1-2H3,(H2,15,17). The maximum absolute atomic E-state index is 12.2. The van der Waals surface area contributed by atoms with Crippen molar-refractivity contribution in [1.29, 1.82) is 0 Å². The maximum Gasteiger partial charge on any atom is 0.401 e. The number of amides is 1. The van der Waals surface area contributed by atoms with Gasteiger partial charge in [-0.25, -0.2) is 0 Å². The number of hydrogen-bond donors (Lipinski definition) is 2. The van der Waals surface area contributed by atoms with Gasteiger partial charge in [-0.05, 0) is 24.7 Å². The zero-order chi connectivity index (χ0) is 13.3. The van der Waals surface area contributed by atoms with Crippen LogP contribution in [0.2, 0.25) is 0 Å². The lowest BCUT2D eigenvalue weighted by atomic mass is 9.67. The molecule has 0 aromatic rings. The SMILES string of the molecule is CC1(C)CCCC(NCC(F)(F)F)(C(N)=O)C1. The molecule has 3 N–H and O–H groups in total. The van der Waals surface area contributed by atoms with Gasteiger partial charge in [-0.2, -0.15) is 13.2 Å². The number of alkyl halides is 3. The Kier molecular flexibility index (Phi) is 3.76. The molecule has 1 aliphatic carbocycles. The Morgan fingerprint density at radius 1 is 1.35 bits per heavy atom. The van der Waals surface area contributed by atoms with Gasteiger partial charge in [-0.15, -0.1) is 0 Å². The minimum absolute atomic E-state index is 0.161. The third kappa shape index (κ3) is 3.87. The van der Waals surface area contributed by atoms with E-state index in [0.717, 1.165) is 6.42 Å². The Balaban J connectivity index is 2.79. The van der Waals surface area contributed by atoms with Crippen LogP contribution < -0.4 is 11.1 Å². The van der Waals surface area contributed by atoms with Crippen molar-refractivity contribution in [3.05, 3.63) is 0 Å². The van der Waals surface area contributed by atoms with E-state index in [1.807, 2.05) is 13.8 Å². The largest absolute Gasteiger partial charge is 0.401 e. The summed E-state index contributed by atoms with van der Waals surface area (Å²) in [4.78, 5) is 11.5. The van der Waals surface area contributed by atoms with Crippen molar-refractivity contribution in [2.45, 2.75) is 51.2 Å². The first kappa shape index (κ1) is 14.3. The molecule has 6 heteroatoms. The minimum Gasteiger partial charge on any atom is -0.368 e. The van der Waals surface area contributed by atoms with E-state index in [0.29, 0.717) is 19.3 Å². The first-order chi connectivity index (χ1) is 7.56. The average molecular weight is 252 g/mol. The van der Waals surface area contributed by atoms with E-state index in [4.69, 9.17) is 5.73 Å². The third-order valence-electron chi connectivity index (χ3n) is 3.34. The number of primary amides is 1. The molecule has 0 aromatic carbocycles. The number of halogens is 3. The molecule has 1 fully saturated rings. The van der Waals surface area contributed by atoms with Crippen LogP contribution in [-0.4, -0.2) is 24.2 Å². The molecule has 0 bridgehead atoms. The Hall–Kier alpha value is -0.780. The lowest BCUT2D eigenvalue weighted by Gasteiger charge is -2.43. The van der Waals surface area contributed by atoms with Gasteiger partial charge in [-0.3, -0.25) is 10.1 Å². The second-order valence-corrected chi connectivity index (χ2v) is 5.61. The van der Waals surface area contributed by atoms with Crippen LogP contribution in [0.5, 0.6) is 0 Å². The fourth-order valence-corrected chi connectivity index (χ4v) is 2.58. The van der Waals surface area contributed by atoms with Crippen molar-refractivity contribution >= 4 is 5.91 Å². The quantitative estimate of drug-likeness (QED) is 0.806. The number of nitrogens with two attached hydrogens (primary N) is 1. The van der Waals surface area contributed by atoms with E-state index in [-0.39, 0.29) is 5.41 Å². The molecular weight excluding hydrogens is 233 g/mol. The van der Waals surface area contributed by atoms with Crippen molar-refractivity contribution < 1.29 is 18.0 Å². The maximum atomic E-state index is 12.2. The minimum atomic E-state index is -4.33. The third-order valence-corrected chi connectivity index (χ3v) is 3.34. The first-order valence-electron chi connectivity index (χ1n) is 5.68. The average Bonchev–Trinajstić information content (AvgIpc) is 2.12. The molecule has 0 heterocycles. The predicted octanol–water partition coefficient (Wildman–Crippen LogP) is 1.96. The summed E-state index contributed by atoms with van der Waals surface area (Å²) in [7, 11) is 0. The highest BCUT2D eigenvalue weighted by molar-refractivity contribution is 5.84. The van der Waals surface area contributed by atoms with E-state index < -0.39 is 24.2 Å². The van der Waals surface area contributed by atoms with Crippen LogP contribution in [0, 0.1) is 5.41 Å². The van der Waals surface area contributed by atoms with Crippen molar-refractivity contribution in [2.75, 3.05) is 6.54 Å². The van der Waals surface area contributed by atoms with Gasteiger partial charge in [0.05, 0.1) is 12.1 Å². The van der Waals surface area contributed by atoms with Gasteiger partial charge < -0.3 is 5.73 Å². The van der Waals surface area contributed by atoms with Crippen molar-refractivity contribution in [1.82, 2.24) is 5.32 Å². The van der Waals surface area contributed by atoms with Gasteiger partial charge in [0.15, 0.2) is 0 Å². The number of nitrogens with one attached hydrogen (secondary N) is 1. The molecular formula is C11H19F3N2O. The van der Waals surface area contributed by atoms with Gasteiger partial charge in [0.25, 0.3) is 0 Å². The number of carbonyl (C=O) groups is 1. The predicted molar refractivity (Wildman–Crippen MR) is 58.2 cm³/mol. The molecule has 100 valence electrons. The highest BCUT2D eigenvalue weighted by Crippen LogP contribution is 2.41. The van der Waals surface area contributed by atoms with Gasteiger partial charge in [0.2, 0.25) is 5.91 Å². The Morgan fingerprint density at radius 3 is 2.35 bits per heavy atom. The molecule has 1 amide bonds. The zero-order valence-corrected chi connectivity index (χ0v) is 10.2. The lowest BCUT2D eigenvalue weighted by Crippen LogP contribution is -2.60. The van der Waals surface area contributed by atoms with E-state index >= 15 is 0 Å². The van der Waals surface area contributed by atoms with Gasteiger partial charge >= 0.3 is 6.18 Å². The zero-order valence-electron chi connectivity index (χ0n) is 10.2. The van der Waals surface area contributed by atoms with Gasteiger partial charge in [0.1, 0.15) is 0 Å². The normalized spacial score (nSPS) is 29.0. The molecule has 0 aromatic heterocycles. The fourth-order valence-electron chi connectivity index (χ4n) is 2.58. The summed E-state index contributed by atoms with van der Waals surface area (Å²) in [5.74, 6) is -0.686. The molecule has 1 unspecified atom stereocenters. The molecule has 0 spiro atoms. The Labute approximate surface area is 98.9 Å². The van der Waals surface area contributed by atoms with Crippen LogP contribution >= 0.6 is 0 Å². The van der Waals surface area contributed by atoms with Crippen molar-refractivity contribution in [2.24, 2.45) is 11.1 Å². The molecule has 0 radical (unpaired) electrons. The highest BCUT2D eigenvalue weighted by Gasteiger charge is 2.46. The summed E-state index contributed by atoms with van der Waals surface area (Å²) in [5.41, 5.74) is 3.91. The van der Waals surface area contributed by atoms with Crippen LogP contribution in [0.1, 0.15) is 39.5 Å². The Morgan fingerprint density at radius 2 is 1.94 bits per heavy atom. The van der Waals surface area contributed by atoms with Crippen molar-refractivity contribution in [3.8, 4) is 0 Å². The monoisotopic (exact) mass is 252 g/mol. The highest BCUT2D eigenvalue weighted by atomic mass is 19.4. The van der Waals surface area contributed by atoms with Gasteiger partial charge in [0, 0.05) is 0 Å². The molecule has 1 saturated carbocycles. The topological polar surface area (TPSA) is 55.1 Å². The summed E-state index contributed by atoms with van der Waals surface area (Å²) < 4.78 is 36.7. The van der Waals surface area contributed by atoms with E-state index in [1.165, 1.54) is 0 Å². The molecule has 1 rings (SSSR count). The number of carbonyl (C=O) groups excluding carboxylic acids is 1. The van der Waals surface area contributed by atoms with Crippen LogP contribution in [0.4, 0.5) is 13.2 Å². The van der Waals surface area contributed by atoms with Crippen LogP contribution in [-0.2, 0) is 4.79 Å². The first-order valence-corrected chi connectivity index (χ1v) is 5.68. The fraction of sp³-hybridized carbons (Fsp3) is 0.909. The summed E-state index contributed by atoms with van der Waals surface area (Å²) in [6.07, 6.45) is -1.99. The molecule has 0 aliphatic heterocycles. The van der Waals surface area contributed by atoms with Crippen LogP contribution in [0.15, 0.2) is 0 Å². The summed E-state index contributed by atoms with van der Waals surface area (Å²) in [5, 5.41) is 2.33. The molecule has 3 nitrogen and oxygen atoms in total. The van der Waals surface area contributed by atoms with E-state index in [9.17, 15) is 18.0 Å².